The van der Waals surface area contributed by atoms with Crippen LogP contribution in [0.25, 0.3) is 0 Å². The van der Waals surface area contributed by atoms with Gasteiger partial charge in [-0.2, -0.15) is 0 Å². The van der Waals surface area contributed by atoms with Crippen LogP contribution in [0.15, 0.2) is 18.8 Å². The van der Waals surface area contributed by atoms with Gasteiger partial charge in [0.15, 0.2) is 0 Å². The number of nitrogens with one attached hydrogen (secondary N) is 1. The van der Waals surface area contributed by atoms with Crippen molar-refractivity contribution in [3.05, 3.63) is 18.8 Å². The van der Waals surface area contributed by atoms with E-state index in [-0.39, 0.29) is 0 Å². The molecule has 0 aliphatic heterocycles. The number of halogens is 5. The highest BCUT2D eigenvalue weighted by atomic mass is 127. The quantitative estimate of drug-likeness (QED) is 0.230. The first-order valence-electron chi connectivity index (χ1n) is 4.30. The number of rotatable bonds is 3. The van der Waals surface area contributed by atoms with Gasteiger partial charge in [-0.15, -0.1) is 0 Å². The molecule has 2 atom stereocenters. The van der Waals surface area contributed by atoms with Gasteiger partial charge >= 0.3 is 0 Å². The topological polar surface area (TPSA) is 46.2 Å². The molecule has 0 amide bonds. The van der Waals surface area contributed by atoms with Gasteiger partial charge in [0.05, 0.1) is 11.5 Å². The third kappa shape index (κ3) is 3.18. The minimum Gasteiger partial charge on any atom is -0.301 e. The number of hydrogen-bond donors (Lipinski definition) is 1. The fraction of sp³-hybridized carbons (Fsp3) is 0.333. The number of alkyl halides is 1. The van der Waals surface area contributed by atoms with Crippen molar-refractivity contribution in [1.82, 2.24) is 5.32 Å². The Hall–Kier alpha value is 1.55. The summed E-state index contributed by atoms with van der Waals surface area (Å²) in [6.07, 6.45) is 1.75. The summed E-state index contributed by atoms with van der Waals surface area (Å²) in [5, 5.41) is 1.87. The molecule has 0 heterocycles. The lowest BCUT2D eigenvalue weighted by atomic mass is 9.89. The van der Waals surface area contributed by atoms with E-state index in [2.05, 4.69) is 5.32 Å². The van der Waals surface area contributed by atoms with Crippen LogP contribution in [0.1, 0.15) is 0 Å². The summed E-state index contributed by atoms with van der Waals surface area (Å²) in [4.78, 5) is 23.1. The normalized spacial score (nSPS) is 29.1. The van der Waals surface area contributed by atoms with Gasteiger partial charge in [0.2, 0.25) is 5.24 Å². The molecule has 1 aliphatic carbocycles. The Morgan fingerprint density at radius 2 is 1.94 bits per heavy atom. The van der Waals surface area contributed by atoms with E-state index < -0.39 is 19.9 Å². The predicted octanol–water partition coefficient (Wildman–Crippen LogP) is 3.51. The van der Waals surface area contributed by atoms with Crippen LogP contribution in [0, 0.1) is 5.92 Å². The van der Waals surface area contributed by atoms with Gasteiger partial charge in [0.1, 0.15) is 3.55 Å². The summed E-state index contributed by atoms with van der Waals surface area (Å²) in [5.74, 6) is -0.619. The molecule has 2 unspecified atom stereocenters. The molecule has 17 heavy (non-hydrogen) atoms. The summed E-state index contributed by atoms with van der Waals surface area (Å²) in [7, 11) is 1.66. The van der Waals surface area contributed by atoms with Crippen LogP contribution in [0.3, 0.4) is 0 Å². The van der Waals surface area contributed by atoms with E-state index in [0.717, 1.165) is 3.58 Å². The highest BCUT2D eigenvalue weighted by molar-refractivity contribution is 14.1. The minimum atomic E-state index is -0.906. The number of carbonyl (C=O) groups is 2. The molecular formula is C9H6Cl2I3NO2. The van der Waals surface area contributed by atoms with E-state index in [1.165, 1.54) is 0 Å². The minimum absolute atomic E-state index is 0.363. The monoisotopic (exact) mass is 611 g/mol. The second-order valence-corrected chi connectivity index (χ2v) is 8.05. The molecule has 0 spiro atoms. The first-order chi connectivity index (χ1) is 7.75. The van der Waals surface area contributed by atoms with Crippen LogP contribution in [0.4, 0.5) is 0 Å². The van der Waals surface area contributed by atoms with Crippen LogP contribution in [-0.4, -0.2) is 21.1 Å². The van der Waals surface area contributed by atoms with Gasteiger partial charge in [-0.25, -0.2) is 0 Å². The summed E-state index contributed by atoms with van der Waals surface area (Å²) < 4.78 is 0.583. The molecule has 0 saturated heterocycles. The number of allylic oxidation sites excluding steroid dienone is 2. The van der Waals surface area contributed by atoms with Crippen LogP contribution in [-0.2, 0) is 9.59 Å². The third-order valence-corrected chi connectivity index (χ3v) is 6.22. The van der Waals surface area contributed by atoms with Gasteiger partial charge in [0, 0.05) is 7.16 Å². The molecule has 8 heteroatoms. The van der Waals surface area contributed by atoms with Gasteiger partial charge in [-0.1, -0.05) is 22.6 Å². The van der Waals surface area contributed by atoms with Crippen molar-refractivity contribution in [2.24, 2.45) is 5.92 Å². The Morgan fingerprint density at radius 1 is 1.41 bits per heavy atom. The summed E-state index contributed by atoms with van der Waals surface area (Å²) in [6, 6.07) is 0. The van der Waals surface area contributed by atoms with Crippen molar-refractivity contribution in [3.8, 4) is 0 Å². The zero-order chi connectivity index (χ0) is 13.4. The fourth-order valence-corrected chi connectivity index (χ4v) is 7.70. The van der Waals surface area contributed by atoms with E-state index in [9.17, 15) is 9.59 Å². The van der Waals surface area contributed by atoms with Gasteiger partial charge in [-0.05, 0) is 81.5 Å². The summed E-state index contributed by atoms with van der Waals surface area (Å²) >= 11 is 17.3. The van der Waals surface area contributed by atoms with Crippen LogP contribution in [0.5, 0.6) is 0 Å². The average molecular weight is 612 g/mol. The largest absolute Gasteiger partial charge is 0.301 e. The van der Waals surface area contributed by atoms with Crippen LogP contribution < -0.4 is 5.32 Å². The molecule has 0 aromatic heterocycles. The average Bonchev–Trinajstić information content (AvgIpc) is 2.14. The lowest BCUT2D eigenvalue weighted by Crippen LogP contribution is -2.50. The van der Waals surface area contributed by atoms with E-state index in [4.69, 9.17) is 23.2 Å². The zero-order valence-electron chi connectivity index (χ0n) is 8.36. The highest BCUT2D eigenvalue weighted by Crippen LogP contribution is 2.48. The van der Waals surface area contributed by atoms with Crippen molar-refractivity contribution >= 4 is 101 Å². The standard InChI is InChI=1S/C9H6Cl2I3NO2/c1-15-9(14)5(7(10)16)3(12)2-4(13)6(9)8(11)17/h2,5,15H,1H3. The summed E-state index contributed by atoms with van der Waals surface area (Å²) in [6.45, 7) is 0. The molecule has 1 rings (SSSR count). The van der Waals surface area contributed by atoms with Gasteiger partial charge < -0.3 is 5.32 Å². The number of carbonyl (C=O) groups excluding carboxylic acids is 2. The molecule has 1 aliphatic rings. The van der Waals surface area contributed by atoms with Gasteiger partial charge in [0.25, 0.3) is 5.24 Å². The molecule has 0 aromatic rings. The lowest BCUT2D eigenvalue weighted by molar-refractivity contribution is -0.114. The maximum absolute atomic E-state index is 11.6. The zero-order valence-corrected chi connectivity index (χ0v) is 16.3. The molecule has 0 saturated carbocycles. The smallest absolute Gasteiger partial charge is 0.252 e. The predicted molar refractivity (Wildman–Crippen MR) is 94.2 cm³/mol. The molecule has 0 aromatic carbocycles. The second kappa shape index (κ2) is 6.33. The highest BCUT2D eigenvalue weighted by Gasteiger charge is 2.49. The van der Waals surface area contributed by atoms with Crippen LogP contribution >= 0.6 is 91.0 Å². The molecule has 1 N–H and O–H groups in total. The van der Waals surface area contributed by atoms with E-state index in [0.29, 0.717) is 9.15 Å². The van der Waals surface area contributed by atoms with E-state index in [1.54, 1.807) is 13.1 Å². The van der Waals surface area contributed by atoms with Crippen molar-refractivity contribution in [2.45, 2.75) is 3.55 Å². The first-order valence-corrected chi connectivity index (χ1v) is 8.29. The fourth-order valence-electron chi connectivity index (χ4n) is 1.56. The van der Waals surface area contributed by atoms with E-state index >= 15 is 0 Å². The number of likely N-dealkylation sites (N-methyl/N-ethyl adjacent to an activating group) is 1. The molecule has 3 nitrogen and oxygen atoms in total. The summed E-state index contributed by atoms with van der Waals surface area (Å²) in [5.41, 5.74) is 0.363. The maximum Gasteiger partial charge on any atom is 0.252 e. The third-order valence-electron chi connectivity index (χ3n) is 2.33. The SMILES string of the molecule is CNC1(I)C(C(=O)Cl)=C(I)C=C(I)C1C(=O)Cl. The molecule has 0 fully saturated rings. The van der Waals surface area contributed by atoms with E-state index in [1.807, 2.05) is 67.8 Å². The Labute approximate surface area is 150 Å². The Kier molecular flexibility index (Phi) is 6.19. The Balaban J connectivity index is 3.50. The Bertz CT molecular complexity index is 450. The van der Waals surface area contributed by atoms with Gasteiger partial charge in [-0.3, -0.25) is 9.59 Å². The number of hydrogen-bond acceptors (Lipinski definition) is 3. The van der Waals surface area contributed by atoms with Crippen LogP contribution in [0.2, 0.25) is 0 Å². The first kappa shape index (κ1) is 16.6. The van der Waals surface area contributed by atoms with Crippen molar-refractivity contribution in [2.75, 3.05) is 7.05 Å². The Morgan fingerprint density at radius 3 is 2.29 bits per heavy atom. The van der Waals surface area contributed by atoms with Crippen molar-refractivity contribution < 1.29 is 9.59 Å². The second-order valence-electron chi connectivity index (χ2n) is 3.22. The van der Waals surface area contributed by atoms with Crippen molar-refractivity contribution in [3.63, 3.8) is 0 Å². The molecule has 94 valence electrons. The molecular weight excluding hydrogens is 606 g/mol. The molecule has 0 radical (unpaired) electrons. The maximum atomic E-state index is 11.6. The lowest BCUT2D eigenvalue weighted by Gasteiger charge is -2.37. The van der Waals surface area contributed by atoms with Crippen molar-refractivity contribution in [1.29, 1.82) is 0 Å². The molecule has 0 bridgehead atoms.